The molecule has 1 aromatic rings. The first kappa shape index (κ1) is 9.79. The second kappa shape index (κ2) is 3.21. The van der Waals surface area contributed by atoms with Crippen LogP contribution >= 0.6 is 11.3 Å². The summed E-state index contributed by atoms with van der Waals surface area (Å²) >= 11 is 1.95. The Morgan fingerprint density at radius 3 is 2.25 bits per heavy atom. The van der Waals surface area contributed by atoms with Gasteiger partial charge in [-0.05, 0) is 30.4 Å². The molecule has 0 N–H and O–H groups in total. The van der Waals surface area contributed by atoms with Gasteiger partial charge in [0.15, 0.2) is 0 Å². The van der Waals surface area contributed by atoms with Crippen molar-refractivity contribution >= 4 is 11.3 Å². The highest BCUT2D eigenvalue weighted by Crippen LogP contribution is 2.33. The zero-order chi connectivity index (χ0) is 9.35. The van der Waals surface area contributed by atoms with E-state index in [4.69, 9.17) is 0 Å². The lowest BCUT2D eigenvalue weighted by Gasteiger charge is -2.18. The summed E-state index contributed by atoms with van der Waals surface area (Å²) in [5.41, 5.74) is 1.86. The van der Waals surface area contributed by atoms with Crippen LogP contribution in [0.1, 0.15) is 43.0 Å². The van der Waals surface area contributed by atoms with Gasteiger partial charge in [0.1, 0.15) is 0 Å². The summed E-state index contributed by atoms with van der Waals surface area (Å²) < 4.78 is 0. The number of hydrogen-bond acceptors (Lipinski definition) is 1. The van der Waals surface area contributed by atoms with Gasteiger partial charge in [-0.3, -0.25) is 0 Å². The molecule has 0 atom stereocenters. The third-order valence-electron chi connectivity index (χ3n) is 1.99. The van der Waals surface area contributed by atoms with Crippen molar-refractivity contribution in [3.05, 3.63) is 21.4 Å². The molecule has 0 aliphatic heterocycles. The predicted molar refractivity (Wildman–Crippen MR) is 57.1 cm³/mol. The molecule has 0 saturated carbocycles. The number of thiophene rings is 1. The van der Waals surface area contributed by atoms with Gasteiger partial charge in [0.2, 0.25) is 0 Å². The zero-order valence-electron chi connectivity index (χ0n) is 8.69. The van der Waals surface area contributed by atoms with Crippen LogP contribution in [-0.4, -0.2) is 0 Å². The summed E-state index contributed by atoms with van der Waals surface area (Å²) in [7, 11) is 0. The Hall–Kier alpha value is -0.300. The van der Waals surface area contributed by atoms with Crippen molar-refractivity contribution in [1.29, 1.82) is 0 Å². The predicted octanol–water partition coefficient (Wildman–Crippen LogP) is 3.92. The molecule has 1 heteroatoms. The second-order valence-electron chi connectivity index (χ2n) is 4.31. The van der Waals surface area contributed by atoms with Crippen LogP contribution in [0, 0.1) is 6.92 Å². The van der Waals surface area contributed by atoms with E-state index in [9.17, 15) is 0 Å². The van der Waals surface area contributed by atoms with Crippen molar-refractivity contribution < 1.29 is 0 Å². The minimum atomic E-state index is 0.324. The van der Waals surface area contributed by atoms with E-state index in [1.54, 1.807) is 4.88 Å². The van der Waals surface area contributed by atoms with Crippen molar-refractivity contribution in [2.45, 2.75) is 46.5 Å². The fraction of sp³-hybridized carbons (Fsp3) is 0.636. The standard InChI is InChI=1S/C11H18S/c1-6-9-7-8(2)12-10(9)11(3,4)5/h7H,6H2,1-5H3. The molecule has 12 heavy (non-hydrogen) atoms. The SMILES string of the molecule is CCc1cc(C)sc1C(C)(C)C. The van der Waals surface area contributed by atoms with Gasteiger partial charge >= 0.3 is 0 Å². The van der Waals surface area contributed by atoms with Gasteiger partial charge in [-0.25, -0.2) is 0 Å². The van der Waals surface area contributed by atoms with Gasteiger partial charge in [-0.1, -0.05) is 27.7 Å². The molecular formula is C11H18S. The minimum absolute atomic E-state index is 0.324. The lowest BCUT2D eigenvalue weighted by Crippen LogP contribution is -2.10. The first-order valence-corrected chi connectivity index (χ1v) is 5.36. The zero-order valence-corrected chi connectivity index (χ0v) is 9.51. The van der Waals surface area contributed by atoms with Gasteiger partial charge in [-0.2, -0.15) is 0 Å². The Morgan fingerprint density at radius 1 is 1.33 bits per heavy atom. The van der Waals surface area contributed by atoms with E-state index in [2.05, 4.69) is 40.7 Å². The van der Waals surface area contributed by atoms with Gasteiger partial charge in [0, 0.05) is 9.75 Å². The molecule has 68 valence electrons. The molecule has 1 heterocycles. The third kappa shape index (κ3) is 1.89. The maximum atomic E-state index is 2.32. The molecule has 0 aliphatic carbocycles. The first-order valence-electron chi connectivity index (χ1n) is 4.55. The van der Waals surface area contributed by atoms with E-state index in [0.29, 0.717) is 5.41 Å². The van der Waals surface area contributed by atoms with E-state index in [-0.39, 0.29) is 0 Å². The molecule has 0 amide bonds. The first-order chi connectivity index (χ1) is 5.45. The van der Waals surface area contributed by atoms with Crippen LogP contribution in [-0.2, 0) is 11.8 Å². The monoisotopic (exact) mass is 182 g/mol. The molecule has 0 unspecified atom stereocenters. The molecule has 0 aromatic carbocycles. The molecule has 0 radical (unpaired) electrons. The summed E-state index contributed by atoms with van der Waals surface area (Å²) in [5.74, 6) is 0. The minimum Gasteiger partial charge on any atom is -0.145 e. The summed E-state index contributed by atoms with van der Waals surface area (Å²) in [5, 5.41) is 0. The van der Waals surface area contributed by atoms with Crippen molar-refractivity contribution in [2.75, 3.05) is 0 Å². The Labute approximate surface area is 79.6 Å². The Kier molecular flexibility index (Phi) is 2.62. The smallest absolute Gasteiger partial charge is 0.0133 e. The highest BCUT2D eigenvalue weighted by atomic mass is 32.1. The van der Waals surface area contributed by atoms with Crippen LogP contribution < -0.4 is 0 Å². The highest BCUT2D eigenvalue weighted by Gasteiger charge is 2.19. The van der Waals surface area contributed by atoms with Gasteiger partial charge in [0.05, 0.1) is 0 Å². The van der Waals surface area contributed by atoms with Crippen LogP contribution in [0.3, 0.4) is 0 Å². The van der Waals surface area contributed by atoms with Crippen LogP contribution in [0.25, 0.3) is 0 Å². The quantitative estimate of drug-likeness (QED) is 0.617. The number of aryl methyl sites for hydroxylation is 2. The summed E-state index contributed by atoms with van der Waals surface area (Å²) in [6, 6.07) is 2.32. The average molecular weight is 182 g/mol. The topological polar surface area (TPSA) is 0 Å². The number of rotatable bonds is 1. The molecular weight excluding hydrogens is 164 g/mol. The Balaban J connectivity index is 3.13. The summed E-state index contributed by atoms with van der Waals surface area (Å²) in [6.45, 7) is 11.3. The normalized spacial score (nSPS) is 12.1. The number of hydrogen-bond donors (Lipinski definition) is 0. The van der Waals surface area contributed by atoms with Crippen molar-refractivity contribution in [3.63, 3.8) is 0 Å². The fourth-order valence-corrected chi connectivity index (χ4v) is 2.63. The van der Waals surface area contributed by atoms with Gasteiger partial charge in [-0.15, -0.1) is 11.3 Å². The molecule has 1 rings (SSSR count). The van der Waals surface area contributed by atoms with Crippen molar-refractivity contribution in [2.24, 2.45) is 0 Å². The van der Waals surface area contributed by atoms with Crippen molar-refractivity contribution in [3.8, 4) is 0 Å². The van der Waals surface area contributed by atoms with Crippen LogP contribution in [0.2, 0.25) is 0 Å². The Bertz CT molecular complexity index is 263. The molecule has 0 nitrogen and oxygen atoms in total. The fourth-order valence-electron chi connectivity index (χ4n) is 1.46. The summed E-state index contributed by atoms with van der Waals surface area (Å²) in [4.78, 5) is 3.00. The second-order valence-corrected chi connectivity index (χ2v) is 5.57. The van der Waals surface area contributed by atoms with E-state index in [1.165, 1.54) is 10.4 Å². The Morgan fingerprint density at radius 2 is 1.92 bits per heavy atom. The molecule has 0 aliphatic rings. The van der Waals surface area contributed by atoms with E-state index < -0.39 is 0 Å². The maximum absolute atomic E-state index is 2.32. The maximum Gasteiger partial charge on any atom is 0.0133 e. The molecule has 0 fully saturated rings. The molecule has 1 aromatic heterocycles. The van der Waals surface area contributed by atoms with Crippen LogP contribution in [0.5, 0.6) is 0 Å². The lowest BCUT2D eigenvalue weighted by molar-refractivity contribution is 0.598. The van der Waals surface area contributed by atoms with E-state index in [0.717, 1.165) is 6.42 Å². The largest absolute Gasteiger partial charge is 0.145 e. The van der Waals surface area contributed by atoms with Crippen LogP contribution in [0.15, 0.2) is 6.07 Å². The summed E-state index contributed by atoms with van der Waals surface area (Å²) in [6.07, 6.45) is 1.16. The van der Waals surface area contributed by atoms with Crippen molar-refractivity contribution in [1.82, 2.24) is 0 Å². The molecule has 0 spiro atoms. The lowest BCUT2D eigenvalue weighted by atomic mass is 9.91. The van der Waals surface area contributed by atoms with Gasteiger partial charge in [0.25, 0.3) is 0 Å². The molecule has 0 saturated heterocycles. The van der Waals surface area contributed by atoms with E-state index >= 15 is 0 Å². The van der Waals surface area contributed by atoms with Crippen LogP contribution in [0.4, 0.5) is 0 Å². The highest BCUT2D eigenvalue weighted by molar-refractivity contribution is 7.12. The van der Waals surface area contributed by atoms with E-state index in [1.807, 2.05) is 11.3 Å². The van der Waals surface area contributed by atoms with Gasteiger partial charge < -0.3 is 0 Å². The molecule has 0 bridgehead atoms. The third-order valence-corrected chi connectivity index (χ3v) is 3.51. The average Bonchev–Trinajstić information content (AvgIpc) is 2.29.